The van der Waals surface area contributed by atoms with Gasteiger partial charge in [-0.2, -0.15) is 0 Å². The van der Waals surface area contributed by atoms with Gasteiger partial charge in [0.05, 0.1) is 10.9 Å². The smallest absolute Gasteiger partial charge is 0.272 e. The fraction of sp³-hybridized carbons (Fsp3) is 0.161. The molecule has 0 fully saturated rings. The number of aromatic nitrogens is 1. The number of anilines is 2. The molecule has 0 saturated carbocycles. The van der Waals surface area contributed by atoms with Crippen LogP contribution in [-0.4, -0.2) is 28.0 Å². The number of thioether (sulfide) groups is 1. The lowest BCUT2D eigenvalue weighted by molar-refractivity contribution is -0.116. The van der Waals surface area contributed by atoms with Gasteiger partial charge in [-0.25, -0.2) is 4.98 Å². The van der Waals surface area contributed by atoms with Crippen molar-refractivity contribution in [2.45, 2.75) is 37.3 Å². The zero-order valence-corrected chi connectivity index (χ0v) is 24.1. The first-order chi connectivity index (χ1) is 19.3. The van der Waals surface area contributed by atoms with Crippen LogP contribution in [0.5, 0.6) is 0 Å². The molecule has 204 valence electrons. The Balaban J connectivity index is 1.51. The van der Waals surface area contributed by atoms with E-state index in [1.165, 1.54) is 23.1 Å². The molecular formula is C31H30N4O3S2. The summed E-state index contributed by atoms with van der Waals surface area (Å²) in [5.41, 5.74) is 3.76. The van der Waals surface area contributed by atoms with Gasteiger partial charge in [0, 0.05) is 21.5 Å². The van der Waals surface area contributed by atoms with Crippen molar-refractivity contribution in [1.82, 2.24) is 10.3 Å². The Kier molecular flexibility index (Phi) is 9.88. The third kappa shape index (κ3) is 7.91. The first kappa shape index (κ1) is 28.8. The quantitative estimate of drug-likeness (QED) is 0.146. The number of aryl methyl sites for hydroxylation is 2. The van der Waals surface area contributed by atoms with Crippen LogP contribution in [-0.2, 0) is 9.59 Å². The van der Waals surface area contributed by atoms with Crippen molar-refractivity contribution in [3.05, 3.63) is 112 Å². The van der Waals surface area contributed by atoms with Gasteiger partial charge < -0.3 is 16.0 Å². The number of carbonyl (C=O) groups is 3. The zero-order valence-electron chi connectivity index (χ0n) is 22.4. The second-order valence-electron chi connectivity index (χ2n) is 9.01. The predicted octanol–water partition coefficient (Wildman–Crippen LogP) is 6.68. The molecule has 1 aromatic heterocycles. The van der Waals surface area contributed by atoms with E-state index in [2.05, 4.69) is 20.9 Å². The van der Waals surface area contributed by atoms with Gasteiger partial charge in [-0.3, -0.25) is 14.4 Å². The van der Waals surface area contributed by atoms with Crippen molar-refractivity contribution in [3.8, 4) is 0 Å². The van der Waals surface area contributed by atoms with Crippen molar-refractivity contribution in [2.75, 3.05) is 10.6 Å². The Bertz CT molecular complexity index is 1530. The zero-order chi connectivity index (χ0) is 28.5. The molecule has 3 amide bonds. The van der Waals surface area contributed by atoms with Gasteiger partial charge in [0.25, 0.3) is 11.8 Å². The summed E-state index contributed by atoms with van der Waals surface area (Å²) in [6, 6.07) is 23.7. The summed E-state index contributed by atoms with van der Waals surface area (Å²) in [6.07, 6.45) is 2.29. The minimum atomic E-state index is -0.460. The molecule has 40 heavy (non-hydrogen) atoms. The maximum atomic E-state index is 13.4. The summed E-state index contributed by atoms with van der Waals surface area (Å²) in [5, 5.41) is 10.7. The Morgan fingerprint density at radius 1 is 0.950 bits per heavy atom. The summed E-state index contributed by atoms with van der Waals surface area (Å²) >= 11 is 2.81. The molecule has 0 saturated heterocycles. The lowest BCUT2D eigenvalue weighted by atomic mass is 10.1. The number of thiazole rings is 1. The summed E-state index contributed by atoms with van der Waals surface area (Å²) in [5.74, 6) is -0.964. The van der Waals surface area contributed by atoms with Gasteiger partial charge in [0.15, 0.2) is 5.13 Å². The molecule has 4 rings (SSSR count). The van der Waals surface area contributed by atoms with E-state index in [0.29, 0.717) is 22.8 Å². The van der Waals surface area contributed by atoms with E-state index in [4.69, 9.17) is 0 Å². The Hall–Kier alpha value is -4.21. The SMILES string of the molecule is CCC(Sc1cccc(NC(=O)/C(=C/c2ccccc2C)NC(=O)c2ccccc2)c1)C(=O)Nc1nc(C)cs1. The van der Waals surface area contributed by atoms with Crippen LogP contribution in [0.4, 0.5) is 10.8 Å². The van der Waals surface area contributed by atoms with Gasteiger partial charge in [-0.05, 0) is 67.8 Å². The molecule has 3 aromatic carbocycles. The predicted molar refractivity (Wildman–Crippen MR) is 164 cm³/mol. The summed E-state index contributed by atoms with van der Waals surface area (Å²) in [7, 11) is 0. The van der Waals surface area contributed by atoms with Crippen LogP contribution in [0.2, 0.25) is 0 Å². The summed E-state index contributed by atoms with van der Waals surface area (Å²) in [4.78, 5) is 44.3. The van der Waals surface area contributed by atoms with E-state index in [1.54, 1.807) is 36.4 Å². The number of benzene rings is 3. The van der Waals surface area contributed by atoms with E-state index >= 15 is 0 Å². The summed E-state index contributed by atoms with van der Waals surface area (Å²) < 4.78 is 0. The molecular weight excluding hydrogens is 541 g/mol. The largest absolute Gasteiger partial charge is 0.321 e. The fourth-order valence-corrected chi connectivity index (χ4v) is 5.48. The molecule has 1 heterocycles. The number of amides is 3. The first-order valence-electron chi connectivity index (χ1n) is 12.8. The second kappa shape index (κ2) is 13.7. The maximum Gasteiger partial charge on any atom is 0.272 e. The normalized spacial score (nSPS) is 11.9. The third-order valence-electron chi connectivity index (χ3n) is 5.90. The lowest BCUT2D eigenvalue weighted by Gasteiger charge is -2.15. The second-order valence-corrected chi connectivity index (χ2v) is 11.1. The van der Waals surface area contributed by atoms with Crippen LogP contribution in [0.3, 0.4) is 0 Å². The molecule has 7 nitrogen and oxygen atoms in total. The molecule has 0 bridgehead atoms. The lowest BCUT2D eigenvalue weighted by Crippen LogP contribution is -2.30. The topological polar surface area (TPSA) is 100 Å². The number of nitrogens with one attached hydrogen (secondary N) is 3. The standard InChI is InChI=1S/C31H30N4O3S2/c1-4-27(30(38)35-31-32-21(3)19-39-31)40-25-16-10-15-24(18-25)33-29(37)26(17-23-14-9-8-11-20(23)2)34-28(36)22-12-6-5-7-13-22/h5-19,27H,4H2,1-3H3,(H,33,37)(H,34,36)(H,32,35,38)/b26-17-. The number of hydrogen-bond donors (Lipinski definition) is 3. The molecule has 1 unspecified atom stereocenters. The van der Waals surface area contributed by atoms with Crippen LogP contribution in [0.25, 0.3) is 6.08 Å². The average Bonchev–Trinajstić information content (AvgIpc) is 3.37. The average molecular weight is 571 g/mol. The Morgan fingerprint density at radius 2 is 1.70 bits per heavy atom. The van der Waals surface area contributed by atoms with E-state index in [1.807, 2.05) is 74.7 Å². The molecule has 0 aliphatic rings. The molecule has 9 heteroatoms. The molecule has 0 spiro atoms. The van der Waals surface area contributed by atoms with Gasteiger partial charge in [0.2, 0.25) is 5.91 Å². The van der Waals surface area contributed by atoms with Crippen LogP contribution < -0.4 is 16.0 Å². The van der Waals surface area contributed by atoms with Gasteiger partial charge in [0.1, 0.15) is 5.70 Å². The highest BCUT2D eigenvalue weighted by Gasteiger charge is 2.20. The molecule has 4 aromatic rings. The number of carbonyl (C=O) groups excluding carboxylic acids is 3. The highest BCUT2D eigenvalue weighted by molar-refractivity contribution is 8.00. The Morgan fingerprint density at radius 3 is 2.40 bits per heavy atom. The minimum absolute atomic E-state index is 0.116. The van der Waals surface area contributed by atoms with Gasteiger partial charge in [-0.15, -0.1) is 23.1 Å². The van der Waals surface area contributed by atoms with Crippen LogP contribution >= 0.6 is 23.1 Å². The van der Waals surface area contributed by atoms with Crippen molar-refractivity contribution in [2.24, 2.45) is 0 Å². The van der Waals surface area contributed by atoms with Crippen molar-refractivity contribution >= 4 is 57.7 Å². The number of nitrogens with zero attached hydrogens (tertiary/aromatic N) is 1. The highest BCUT2D eigenvalue weighted by atomic mass is 32.2. The molecule has 0 aliphatic heterocycles. The van der Waals surface area contributed by atoms with E-state index in [0.717, 1.165) is 21.7 Å². The fourth-order valence-electron chi connectivity index (χ4n) is 3.78. The van der Waals surface area contributed by atoms with Crippen molar-refractivity contribution < 1.29 is 14.4 Å². The van der Waals surface area contributed by atoms with Crippen LogP contribution in [0.15, 0.2) is 94.8 Å². The van der Waals surface area contributed by atoms with E-state index in [9.17, 15) is 14.4 Å². The summed E-state index contributed by atoms with van der Waals surface area (Å²) in [6.45, 7) is 5.78. The molecule has 1 atom stereocenters. The number of rotatable bonds is 10. The van der Waals surface area contributed by atoms with Crippen molar-refractivity contribution in [1.29, 1.82) is 0 Å². The maximum absolute atomic E-state index is 13.4. The monoisotopic (exact) mass is 570 g/mol. The first-order valence-corrected chi connectivity index (χ1v) is 14.5. The van der Waals surface area contributed by atoms with Gasteiger partial charge >= 0.3 is 0 Å². The minimum Gasteiger partial charge on any atom is -0.321 e. The Labute approximate surface area is 242 Å². The van der Waals surface area contributed by atoms with E-state index in [-0.39, 0.29) is 22.8 Å². The number of hydrogen-bond acceptors (Lipinski definition) is 6. The van der Waals surface area contributed by atoms with Gasteiger partial charge in [-0.1, -0.05) is 55.5 Å². The van der Waals surface area contributed by atoms with Crippen molar-refractivity contribution in [3.63, 3.8) is 0 Å². The van der Waals surface area contributed by atoms with E-state index < -0.39 is 5.91 Å². The van der Waals surface area contributed by atoms with Crippen LogP contribution in [0.1, 0.15) is 40.5 Å². The highest BCUT2D eigenvalue weighted by Crippen LogP contribution is 2.29. The molecule has 0 aliphatic carbocycles. The third-order valence-corrected chi connectivity index (χ3v) is 8.13. The molecule has 0 radical (unpaired) electrons. The van der Waals surface area contributed by atoms with Crippen LogP contribution in [0, 0.1) is 13.8 Å². The molecule has 3 N–H and O–H groups in total.